The number of rotatable bonds is 7. The number of amides is 1. The fourth-order valence-corrected chi connectivity index (χ4v) is 4.47. The Hall–Kier alpha value is -3.19. The number of aryl methyl sites for hydroxylation is 2. The van der Waals surface area contributed by atoms with Crippen molar-refractivity contribution in [2.45, 2.75) is 32.5 Å². The second-order valence-corrected chi connectivity index (χ2v) is 7.96. The van der Waals surface area contributed by atoms with Gasteiger partial charge in [-0.15, -0.1) is 11.3 Å². The molecule has 0 spiro atoms. The first-order chi connectivity index (χ1) is 14.6. The minimum absolute atomic E-state index is 0.111. The summed E-state index contributed by atoms with van der Waals surface area (Å²) >= 11 is 1.53. The highest BCUT2D eigenvalue weighted by Gasteiger charge is 2.19. The van der Waals surface area contributed by atoms with Gasteiger partial charge >= 0.3 is 5.69 Å². The lowest BCUT2D eigenvalue weighted by atomic mass is 10.1. The monoisotopic (exact) mass is 423 g/mol. The first-order valence-electron chi connectivity index (χ1n) is 9.84. The van der Waals surface area contributed by atoms with Gasteiger partial charge in [0.15, 0.2) is 0 Å². The van der Waals surface area contributed by atoms with E-state index in [1.807, 2.05) is 48.7 Å². The zero-order valence-corrected chi connectivity index (χ0v) is 17.4. The van der Waals surface area contributed by atoms with E-state index < -0.39 is 0 Å². The number of aromatic nitrogens is 2. The van der Waals surface area contributed by atoms with E-state index in [-0.39, 0.29) is 29.9 Å². The molecule has 30 heavy (non-hydrogen) atoms. The molecule has 4 rings (SSSR count). The summed E-state index contributed by atoms with van der Waals surface area (Å²) in [5.74, 6) is -0.486. The second kappa shape index (κ2) is 8.67. The third-order valence-electron chi connectivity index (χ3n) is 5.14. The summed E-state index contributed by atoms with van der Waals surface area (Å²) in [6, 6.07) is 17.2. The average Bonchev–Trinajstić information content (AvgIpc) is 3.37. The molecule has 0 aliphatic rings. The summed E-state index contributed by atoms with van der Waals surface area (Å²) < 4.78 is 16.7. The van der Waals surface area contributed by atoms with E-state index in [0.717, 1.165) is 21.5 Å². The number of nitrogens with zero attached hydrogens (tertiary/aromatic N) is 2. The van der Waals surface area contributed by atoms with Gasteiger partial charge in [0.05, 0.1) is 17.1 Å². The van der Waals surface area contributed by atoms with Crippen molar-refractivity contribution in [1.82, 2.24) is 14.5 Å². The first-order valence-corrected chi connectivity index (χ1v) is 10.7. The predicted molar refractivity (Wildman–Crippen MR) is 117 cm³/mol. The molecule has 1 N–H and O–H groups in total. The molecule has 0 fully saturated rings. The fourth-order valence-electron chi connectivity index (χ4n) is 3.67. The van der Waals surface area contributed by atoms with Crippen molar-refractivity contribution in [3.63, 3.8) is 0 Å². The van der Waals surface area contributed by atoms with E-state index in [4.69, 9.17) is 0 Å². The van der Waals surface area contributed by atoms with E-state index in [2.05, 4.69) is 5.32 Å². The van der Waals surface area contributed by atoms with Gasteiger partial charge in [-0.2, -0.15) is 0 Å². The highest BCUT2D eigenvalue weighted by atomic mass is 32.1. The van der Waals surface area contributed by atoms with Gasteiger partial charge in [0.25, 0.3) is 0 Å². The zero-order valence-electron chi connectivity index (χ0n) is 16.5. The molecule has 154 valence electrons. The molecular weight excluding hydrogens is 401 g/mol. The average molecular weight is 424 g/mol. The number of para-hydroxylation sites is 2. The van der Waals surface area contributed by atoms with Crippen LogP contribution in [0.4, 0.5) is 4.39 Å². The highest BCUT2D eigenvalue weighted by Crippen LogP contribution is 2.26. The smallest absolute Gasteiger partial charge is 0.329 e. The molecule has 0 saturated carbocycles. The molecule has 0 aliphatic heterocycles. The van der Waals surface area contributed by atoms with Crippen LogP contribution in [0.5, 0.6) is 0 Å². The van der Waals surface area contributed by atoms with Crippen LogP contribution >= 0.6 is 11.3 Å². The molecular formula is C23H22FN3O2S. The summed E-state index contributed by atoms with van der Waals surface area (Å²) in [6.45, 7) is 2.79. The minimum atomic E-state index is -0.355. The summed E-state index contributed by atoms with van der Waals surface area (Å²) in [4.78, 5) is 26.5. The first kappa shape index (κ1) is 20.1. The molecule has 0 saturated heterocycles. The Morgan fingerprint density at radius 1 is 1.03 bits per heavy atom. The number of halogens is 1. The third-order valence-corrected chi connectivity index (χ3v) is 6.08. The van der Waals surface area contributed by atoms with Gasteiger partial charge in [-0.25, -0.2) is 9.18 Å². The molecule has 0 aliphatic carbocycles. The molecule has 0 bridgehead atoms. The Morgan fingerprint density at radius 3 is 2.37 bits per heavy atom. The van der Waals surface area contributed by atoms with Crippen LogP contribution in [-0.4, -0.2) is 15.0 Å². The van der Waals surface area contributed by atoms with E-state index in [1.165, 1.54) is 23.5 Å². The maximum Gasteiger partial charge on any atom is 0.329 e. The van der Waals surface area contributed by atoms with Crippen molar-refractivity contribution in [1.29, 1.82) is 0 Å². The van der Waals surface area contributed by atoms with Crippen molar-refractivity contribution in [3.8, 4) is 0 Å². The summed E-state index contributed by atoms with van der Waals surface area (Å²) in [5, 5.41) is 4.98. The summed E-state index contributed by atoms with van der Waals surface area (Å²) in [6.07, 6.45) is 0.167. The van der Waals surface area contributed by atoms with Gasteiger partial charge in [-0.05, 0) is 48.2 Å². The Bertz CT molecular complexity index is 1210. The van der Waals surface area contributed by atoms with Gasteiger partial charge < -0.3 is 5.32 Å². The Morgan fingerprint density at radius 2 is 1.73 bits per heavy atom. The third kappa shape index (κ3) is 3.93. The van der Waals surface area contributed by atoms with E-state index in [1.54, 1.807) is 21.3 Å². The van der Waals surface area contributed by atoms with Crippen LogP contribution < -0.4 is 11.0 Å². The number of fused-ring (bicyclic) bond motifs is 1. The predicted octanol–water partition coefficient (Wildman–Crippen LogP) is 4.32. The Kier molecular flexibility index (Phi) is 5.81. The van der Waals surface area contributed by atoms with Gasteiger partial charge in [0.1, 0.15) is 5.82 Å². The van der Waals surface area contributed by atoms with E-state index in [9.17, 15) is 14.0 Å². The number of thiophene rings is 1. The van der Waals surface area contributed by atoms with Crippen molar-refractivity contribution < 1.29 is 9.18 Å². The van der Waals surface area contributed by atoms with Crippen LogP contribution in [-0.2, 0) is 17.9 Å². The molecule has 0 unspecified atom stereocenters. The van der Waals surface area contributed by atoms with Crippen molar-refractivity contribution in [2.24, 2.45) is 0 Å². The summed E-state index contributed by atoms with van der Waals surface area (Å²) in [7, 11) is 0. The van der Waals surface area contributed by atoms with Gasteiger partial charge in [0, 0.05) is 24.4 Å². The fraction of sp³-hybridized carbons (Fsp3) is 0.217. The van der Waals surface area contributed by atoms with Crippen LogP contribution in [0, 0.1) is 5.82 Å². The molecule has 1 amide bonds. The number of hydrogen-bond acceptors (Lipinski definition) is 3. The quantitative estimate of drug-likeness (QED) is 0.481. The van der Waals surface area contributed by atoms with Crippen LogP contribution in [0.15, 0.2) is 70.8 Å². The van der Waals surface area contributed by atoms with Crippen LogP contribution in [0.1, 0.15) is 29.8 Å². The van der Waals surface area contributed by atoms with Crippen LogP contribution in [0.25, 0.3) is 11.0 Å². The SMILES string of the molecule is CCn1c(=O)n(CCC(=O)N[C@H](c2ccc(F)cc2)c2cccs2)c2ccccc21. The van der Waals surface area contributed by atoms with E-state index in [0.29, 0.717) is 13.1 Å². The Balaban J connectivity index is 1.54. The normalized spacial score (nSPS) is 12.2. The van der Waals surface area contributed by atoms with Gasteiger partial charge in [0.2, 0.25) is 5.91 Å². The Labute approximate surface area is 177 Å². The molecule has 1 atom stereocenters. The van der Waals surface area contributed by atoms with Gasteiger partial charge in [-0.3, -0.25) is 13.9 Å². The van der Waals surface area contributed by atoms with Crippen molar-refractivity contribution >= 4 is 28.3 Å². The molecule has 0 radical (unpaired) electrons. The number of benzene rings is 2. The minimum Gasteiger partial charge on any atom is -0.344 e. The lowest BCUT2D eigenvalue weighted by molar-refractivity contribution is -0.121. The van der Waals surface area contributed by atoms with Crippen LogP contribution in [0.2, 0.25) is 0 Å². The highest BCUT2D eigenvalue weighted by molar-refractivity contribution is 7.10. The molecule has 7 heteroatoms. The molecule has 5 nitrogen and oxygen atoms in total. The molecule has 2 heterocycles. The van der Waals surface area contributed by atoms with Gasteiger partial charge in [-0.1, -0.05) is 30.3 Å². The van der Waals surface area contributed by atoms with Crippen LogP contribution in [0.3, 0.4) is 0 Å². The molecule has 4 aromatic rings. The largest absolute Gasteiger partial charge is 0.344 e. The molecule has 2 aromatic heterocycles. The number of hydrogen-bond donors (Lipinski definition) is 1. The number of carbonyl (C=O) groups is 1. The number of carbonyl (C=O) groups excluding carboxylic acids is 1. The van der Waals surface area contributed by atoms with E-state index >= 15 is 0 Å². The number of imidazole rings is 1. The van der Waals surface area contributed by atoms with Crippen molar-refractivity contribution in [2.75, 3.05) is 0 Å². The maximum atomic E-state index is 13.3. The van der Waals surface area contributed by atoms with Crippen molar-refractivity contribution in [3.05, 3.63) is 92.8 Å². The summed E-state index contributed by atoms with van der Waals surface area (Å²) in [5.41, 5.74) is 2.39. The maximum absolute atomic E-state index is 13.3. The zero-order chi connectivity index (χ0) is 21.1. The number of nitrogens with one attached hydrogen (secondary N) is 1. The topological polar surface area (TPSA) is 56.0 Å². The standard InChI is InChI=1S/C23H22FN3O2S/c1-2-26-18-6-3-4-7-19(18)27(23(26)29)14-13-21(28)25-22(20-8-5-15-30-20)16-9-11-17(24)12-10-16/h3-12,15,22H,2,13-14H2,1H3,(H,25,28)/t22-/m1/s1. The second-order valence-electron chi connectivity index (χ2n) is 6.98. The molecule has 2 aromatic carbocycles. The lowest BCUT2D eigenvalue weighted by Gasteiger charge is -2.18. The lowest BCUT2D eigenvalue weighted by Crippen LogP contribution is -2.31.